The van der Waals surface area contributed by atoms with Gasteiger partial charge in [-0.3, -0.25) is 9.89 Å². The molecule has 4 rings (SSSR count). The highest BCUT2D eigenvalue weighted by molar-refractivity contribution is 6.00. The minimum Gasteiger partial charge on any atom is -0.321 e. The molecule has 0 aliphatic carbocycles. The van der Waals surface area contributed by atoms with Gasteiger partial charge in [0.1, 0.15) is 5.69 Å². The van der Waals surface area contributed by atoms with E-state index in [4.69, 9.17) is 0 Å². The summed E-state index contributed by atoms with van der Waals surface area (Å²) in [5, 5.41) is 7.59. The van der Waals surface area contributed by atoms with E-state index in [1.165, 1.54) is 11.1 Å². The first-order chi connectivity index (χ1) is 13.7. The van der Waals surface area contributed by atoms with Gasteiger partial charge in [0.25, 0.3) is 5.91 Å². The summed E-state index contributed by atoms with van der Waals surface area (Å²) in [6.45, 7) is 12.7. The van der Waals surface area contributed by atoms with Crippen LogP contribution in [0.25, 0.3) is 11.3 Å². The molecule has 2 aromatic carbocycles. The van der Waals surface area contributed by atoms with Gasteiger partial charge >= 0.3 is 0 Å². The number of nitrogens with zero attached hydrogens (tertiary/aromatic N) is 2. The summed E-state index contributed by atoms with van der Waals surface area (Å²) < 4.78 is 0. The van der Waals surface area contributed by atoms with E-state index in [2.05, 4.69) is 100 Å². The average Bonchev–Trinajstić information content (AvgIpc) is 3.21. The first kappa shape index (κ1) is 19.4. The molecule has 1 aromatic heterocycles. The van der Waals surface area contributed by atoms with Crippen molar-refractivity contribution in [3.8, 4) is 11.3 Å². The zero-order valence-electron chi connectivity index (χ0n) is 18.1. The van der Waals surface area contributed by atoms with Crippen LogP contribution in [0.15, 0.2) is 48.5 Å². The van der Waals surface area contributed by atoms with Crippen LogP contribution >= 0.6 is 0 Å². The third-order valence-electron chi connectivity index (χ3n) is 5.73. The minimum atomic E-state index is -0.317. The van der Waals surface area contributed by atoms with Crippen LogP contribution in [0.5, 0.6) is 0 Å². The molecule has 3 aromatic rings. The summed E-state index contributed by atoms with van der Waals surface area (Å²) in [5.74, 6) is 0.483. The molecule has 0 bridgehead atoms. The second-order valence-electron chi connectivity index (χ2n) is 9.30. The number of aryl methyl sites for hydroxylation is 1. The zero-order valence-corrected chi connectivity index (χ0v) is 18.1. The maximum absolute atomic E-state index is 13.4. The van der Waals surface area contributed by atoms with Crippen molar-refractivity contribution in [2.75, 3.05) is 0 Å². The van der Waals surface area contributed by atoms with E-state index >= 15 is 0 Å². The summed E-state index contributed by atoms with van der Waals surface area (Å²) in [7, 11) is 0. The zero-order chi connectivity index (χ0) is 20.9. The number of hydrogen-bond acceptors (Lipinski definition) is 2. The second-order valence-corrected chi connectivity index (χ2v) is 9.30. The Hall–Kier alpha value is -2.88. The van der Waals surface area contributed by atoms with Crippen LogP contribution in [0.2, 0.25) is 0 Å². The Morgan fingerprint density at radius 3 is 2.17 bits per heavy atom. The number of carbonyl (C=O) groups is 1. The van der Waals surface area contributed by atoms with Gasteiger partial charge in [0.2, 0.25) is 0 Å². The molecule has 0 saturated heterocycles. The van der Waals surface area contributed by atoms with Crippen molar-refractivity contribution in [3.63, 3.8) is 0 Å². The monoisotopic (exact) mass is 387 g/mol. The van der Waals surface area contributed by atoms with Gasteiger partial charge in [0.05, 0.1) is 11.7 Å². The lowest BCUT2D eigenvalue weighted by Crippen LogP contribution is -2.44. The third kappa shape index (κ3) is 3.27. The number of aromatic amines is 1. The number of rotatable bonds is 3. The first-order valence-electron chi connectivity index (χ1n) is 10.3. The van der Waals surface area contributed by atoms with E-state index in [-0.39, 0.29) is 17.5 Å². The fourth-order valence-corrected chi connectivity index (χ4v) is 4.15. The highest BCUT2D eigenvalue weighted by atomic mass is 16.2. The number of H-pyrrole nitrogens is 1. The summed E-state index contributed by atoms with van der Waals surface area (Å²) in [6.07, 6.45) is 0. The summed E-state index contributed by atoms with van der Waals surface area (Å²) >= 11 is 0. The van der Waals surface area contributed by atoms with Crippen LogP contribution in [0.1, 0.15) is 79.3 Å². The van der Waals surface area contributed by atoms with E-state index in [1.54, 1.807) is 0 Å². The molecule has 1 aliphatic rings. The largest absolute Gasteiger partial charge is 0.321 e. The summed E-state index contributed by atoms with van der Waals surface area (Å²) in [6, 6.07) is 16.8. The molecule has 0 fully saturated rings. The normalized spacial score (nSPS) is 16.6. The molecule has 4 heteroatoms. The number of amides is 1. The van der Waals surface area contributed by atoms with E-state index in [0.717, 1.165) is 22.4 Å². The molecule has 2 heterocycles. The predicted molar refractivity (Wildman–Crippen MR) is 117 cm³/mol. The highest BCUT2D eigenvalue weighted by Crippen LogP contribution is 2.46. The van der Waals surface area contributed by atoms with Gasteiger partial charge in [-0.15, -0.1) is 0 Å². The van der Waals surface area contributed by atoms with Gasteiger partial charge < -0.3 is 4.90 Å². The fraction of sp³-hybridized carbons (Fsp3) is 0.360. The second kappa shape index (κ2) is 6.87. The number of benzene rings is 2. The molecular formula is C25H29N3O. The average molecular weight is 388 g/mol. The van der Waals surface area contributed by atoms with Crippen LogP contribution in [0.3, 0.4) is 0 Å². The van der Waals surface area contributed by atoms with Gasteiger partial charge in [-0.1, -0.05) is 67.9 Å². The van der Waals surface area contributed by atoms with Gasteiger partial charge in [-0.25, -0.2) is 0 Å². The smallest absolute Gasteiger partial charge is 0.273 e. The molecule has 4 nitrogen and oxygen atoms in total. The van der Waals surface area contributed by atoms with Crippen molar-refractivity contribution in [3.05, 3.63) is 76.5 Å². The van der Waals surface area contributed by atoms with E-state index in [1.807, 2.05) is 4.90 Å². The molecule has 1 amide bonds. The summed E-state index contributed by atoms with van der Waals surface area (Å²) in [4.78, 5) is 15.3. The van der Waals surface area contributed by atoms with Crippen molar-refractivity contribution < 1.29 is 4.79 Å². The molecule has 29 heavy (non-hydrogen) atoms. The molecule has 0 spiro atoms. The first-order valence-corrected chi connectivity index (χ1v) is 10.3. The molecule has 1 unspecified atom stereocenters. The van der Waals surface area contributed by atoms with Crippen molar-refractivity contribution in [2.24, 2.45) is 0 Å². The van der Waals surface area contributed by atoms with Crippen LogP contribution in [-0.2, 0) is 0 Å². The van der Waals surface area contributed by atoms with Crippen molar-refractivity contribution in [1.29, 1.82) is 0 Å². The summed E-state index contributed by atoms with van der Waals surface area (Å²) in [5.41, 5.74) is 6.77. The molecular weight excluding hydrogens is 358 g/mol. The number of fused-ring (bicyclic) bond motifs is 1. The lowest BCUT2D eigenvalue weighted by molar-refractivity contribution is 0.0546. The van der Waals surface area contributed by atoms with Crippen LogP contribution in [-0.4, -0.2) is 26.5 Å². The van der Waals surface area contributed by atoms with E-state index < -0.39 is 0 Å². The van der Waals surface area contributed by atoms with Gasteiger partial charge in [-0.2, -0.15) is 5.10 Å². The van der Waals surface area contributed by atoms with Gasteiger partial charge in [0, 0.05) is 16.7 Å². The Bertz CT molecular complexity index is 1040. The maximum Gasteiger partial charge on any atom is 0.273 e. The Balaban J connectivity index is 1.89. The van der Waals surface area contributed by atoms with Gasteiger partial charge in [0.15, 0.2) is 0 Å². The lowest BCUT2D eigenvalue weighted by atomic mass is 9.92. The van der Waals surface area contributed by atoms with Crippen LogP contribution < -0.4 is 0 Å². The molecule has 0 radical (unpaired) electrons. The minimum absolute atomic E-state index is 0.0105. The quantitative estimate of drug-likeness (QED) is 0.612. The Labute approximate surface area is 173 Å². The number of hydrogen-bond donors (Lipinski definition) is 1. The number of aromatic nitrogens is 2. The third-order valence-corrected chi connectivity index (χ3v) is 5.73. The van der Waals surface area contributed by atoms with Crippen molar-refractivity contribution >= 4 is 5.91 Å². The Morgan fingerprint density at radius 2 is 1.62 bits per heavy atom. The van der Waals surface area contributed by atoms with E-state index in [9.17, 15) is 4.79 Å². The van der Waals surface area contributed by atoms with Crippen molar-refractivity contribution in [2.45, 2.75) is 59.0 Å². The van der Waals surface area contributed by atoms with Crippen LogP contribution in [0, 0.1) is 6.92 Å². The topological polar surface area (TPSA) is 49.0 Å². The molecule has 150 valence electrons. The molecule has 0 saturated carbocycles. The van der Waals surface area contributed by atoms with Crippen LogP contribution in [0.4, 0.5) is 0 Å². The number of nitrogens with one attached hydrogen (secondary N) is 1. The predicted octanol–water partition coefficient (Wildman–Crippen LogP) is 5.85. The lowest BCUT2D eigenvalue weighted by Gasteiger charge is -2.38. The standard InChI is InChI=1S/C25H29N3O/c1-15(2)17-11-13-19(14-12-17)23-20-21(18-9-7-16(3)8-10-18)26-27-22(20)24(29)28(23)25(4,5)6/h7-15,23H,1-6H3,(H,26,27). The highest BCUT2D eigenvalue weighted by Gasteiger charge is 2.46. The molecule has 1 aliphatic heterocycles. The Kier molecular flexibility index (Phi) is 4.60. The fourth-order valence-electron chi connectivity index (χ4n) is 4.15. The van der Waals surface area contributed by atoms with Crippen molar-refractivity contribution in [1.82, 2.24) is 15.1 Å². The molecule has 1 N–H and O–H groups in total. The maximum atomic E-state index is 13.4. The number of carbonyl (C=O) groups excluding carboxylic acids is 1. The molecule has 1 atom stereocenters. The van der Waals surface area contributed by atoms with E-state index in [0.29, 0.717) is 11.6 Å². The SMILES string of the molecule is Cc1ccc(-c2n[nH]c3c2C(c2ccc(C(C)C)cc2)N(C(C)(C)C)C3=O)cc1. The Morgan fingerprint density at radius 1 is 1.00 bits per heavy atom. The van der Waals surface area contributed by atoms with Gasteiger partial charge in [-0.05, 0) is 44.7 Å².